The molecule has 0 radical (unpaired) electrons. The molecule has 1 saturated carbocycles. The molecule has 0 amide bonds. The standard InChI is InChI=1S/C13H16O3/c1-8-6-11(14)5-4-9(8)2-3-10-7-12(10)13(15)16/h4-6,10,12,14H,2-3,7H2,1H3,(H,15,16). The number of aliphatic carboxylic acids is 1. The van der Waals surface area contributed by atoms with Gasteiger partial charge in [0.2, 0.25) is 0 Å². The Bertz CT molecular complexity index is 412. The van der Waals surface area contributed by atoms with Crippen LogP contribution in [0.4, 0.5) is 0 Å². The lowest BCUT2D eigenvalue weighted by Gasteiger charge is -2.05. The molecule has 0 aromatic heterocycles. The SMILES string of the molecule is Cc1cc(O)ccc1CCC1CC1C(=O)O. The van der Waals surface area contributed by atoms with Gasteiger partial charge in [-0.05, 0) is 55.4 Å². The number of aryl methyl sites for hydroxylation is 2. The van der Waals surface area contributed by atoms with E-state index in [4.69, 9.17) is 5.11 Å². The number of aromatic hydroxyl groups is 1. The van der Waals surface area contributed by atoms with Gasteiger partial charge in [-0.2, -0.15) is 0 Å². The highest BCUT2D eigenvalue weighted by molar-refractivity contribution is 5.73. The molecule has 2 N–H and O–H groups in total. The molecule has 1 aliphatic rings. The molecule has 0 aliphatic heterocycles. The summed E-state index contributed by atoms with van der Waals surface area (Å²) in [5.74, 6) is -0.133. The average molecular weight is 220 g/mol. The summed E-state index contributed by atoms with van der Waals surface area (Å²) in [6.45, 7) is 1.97. The van der Waals surface area contributed by atoms with Crippen LogP contribution in [0.3, 0.4) is 0 Å². The second-order valence-electron chi connectivity index (χ2n) is 4.59. The van der Waals surface area contributed by atoms with Crippen LogP contribution in [-0.2, 0) is 11.2 Å². The number of phenols is 1. The summed E-state index contributed by atoms with van der Waals surface area (Å²) >= 11 is 0. The van der Waals surface area contributed by atoms with E-state index in [0.717, 1.165) is 24.8 Å². The molecular weight excluding hydrogens is 204 g/mol. The van der Waals surface area contributed by atoms with E-state index in [9.17, 15) is 9.90 Å². The zero-order valence-electron chi connectivity index (χ0n) is 9.31. The quantitative estimate of drug-likeness (QED) is 0.818. The van der Waals surface area contributed by atoms with Gasteiger partial charge in [0.1, 0.15) is 5.75 Å². The van der Waals surface area contributed by atoms with Crippen LogP contribution >= 0.6 is 0 Å². The Morgan fingerprint density at radius 1 is 1.50 bits per heavy atom. The molecule has 3 nitrogen and oxygen atoms in total. The van der Waals surface area contributed by atoms with Crippen LogP contribution in [0.2, 0.25) is 0 Å². The van der Waals surface area contributed by atoms with Crippen molar-refractivity contribution in [3.63, 3.8) is 0 Å². The summed E-state index contributed by atoms with van der Waals surface area (Å²) in [6.07, 6.45) is 2.66. The molecule has 1 aromatic carbocycles. The van der Waals surface area contributed by atoms with Gasteiger partial charge >= 0.3 is 5.97 Å². The predicted octanol–water partition coefficient (Wildman–Crippen LogP) is 2.35. The lowest BCUT2D eigenvalue weighted by Crippen LogP contribution is -2.00. The first-order valence-electron chi connectivity index (χ1n) is 5.59. The summed E-state index contributed by atoms with van der Waals surface area (Å²) in [6, 6.07) is 5.35. The van der Waals surface area contributed by atoms with Gasteiger partial charge in [-0.3, -0.25) is 4.79 Å². The minimum absolute atomic E-state index is 0.113. The van der Waals surface area contributed by atoms with Crippen molar-refractivity contribution in [1.82, 2.24) is 0 Å². The van der Waals surface area contributed by atoms with Gasteiger partial charge < -0.3 is 10.2 Å². The van der Waals surface area contributed by atoms with Crippen LogP contribution in [0.25, 0.3) is 0 Å². The third-order valence-electron chi connectivity index (χ3n) is 3.35. The lowest BCUT2D eigenvalue weighted by molar-refractivity contribution is -0.138. The average Bonchev–Trinajstić information content (AvgIpc) is 2.96. The van der Waals surface area contributed by atoms with Crippen LogP contribution in [0.5, 0.6) is 5.75 Å². The fourth-order valence-corrected chi connectivity index (χ4v) is 2.17. The summed E-state index contributed by atoms with van der Waals surface area (Å²) in [4.78, 5) is 10.7. The number of carboxylic acid groups (broad SMARTS) is 1. The van der Waals surface area contributed by atoms with Gasteiger partial charge in [0.15, 0.2) is 0 Å². The Hall–Kier alpha value is -1.51. The van der Waals surface area contributed by atoms with Crippen LogP contribution in [0.15, 0.2) is 18.2 Å². The number of hydrogen-bond donors (Lipinski definition) is 2. The molecule has 2 atom stereocenters. The molecule has 0 spiro atoms. The van der Waals surface area contributed by atoms with E-state index < -0.39 is 5.97 Å². The van der Waals surface area contributed by atoms with E-state index in [1.807, 2.05) is 13.0 Å². The monoisotopic (exact) mass is 220 g/mol. The van der Waals surface area contributed by atoms with Gasteiger partial charge in [-0.1, -0.05) is 6.07 Å². The number of hydrogen-bond acceptors (Lipinski definition) is 2. The maximum atomic E-state index is 10.7. The Kier molecular flexibility index (Phi) is 2.86. The van der Waals surface area contributed by atoms with Gasteiger partial charge in [-0.25, -0.2) is 0 Å². The molecule has 1 fully saturated rings. The first-order chi connectivity index (χ1) is 7.58. The van der Waals surface area contributed by atoms with Crippen molar-refractivity contribution in [2.45, 2.75) is 26.2 Å². The largest absolute Gasteiger partial charge is 0.508 e. The smallest absolute Gasteiger partial charge is 0.306 e. The molecule has 1 aromatic rings. The first-order valence-corrected chi connectivity index (χ1v) is 5.59. The highest BCUT2D eigenvalue weighted by atomic mass is 16.4. The van der Waals surface area contributed by atoms with E-state index in [-0.39, 0.29) is 11.7 Å². The van der Waals surface area contributed by atoms with Crippen molar-refractivity contribution >= 4 is 5.97 Å². The summed E-state index contributed by atoms with van der Waals surface area (Å²) in [5, 5.41) is 18.0. The molecule has 2 unspecified atom stereocenters. The first kappa shape index (κ1) is 11.0. The minimum atomic E-state index is -0.660. The van der Waals surface area contributed by atoms with Crippen molar-refractivity contribution in [1.29, 1.82) is 0 Å². The molecule has 16 heavy (non-hydrogen) atoms. The third-order valence-corrected chi connectivity index (χ3v) is 3.35. The van der Waals surface area contributed by atoms with Gasteiger partial charge in [0, 0.05) is 0 Å². The molecular formula is C13H16O3. The van der Waals surface area contributed by atoms with Crippen molar-refractivity contribution in [3.05, 3.63) is 29.3 Å². The van der Waals surface area contributed by atoms with Crippen molar-refractivity contribution < 1.29 is 15.0 Å². The number of rotatable bonds is 4. The summed E-state index contributed by atoms with van der Waals surface area (Å²) in [5.41, 5.74) is 2.28. The molecule has 3 heteroatoms. The highest BCUT2D eigenvalue weighted by Gasteiger charge is 2.42. The van der Waals surface area contributed by atoms with E-state index in [1.165, 1.54) is 5.56 Å². The maximum Gasteiger partial charge on any atom is 0.306 e. The van der Waals surface area contributed by atoms with Gasteiger partial charge in [-0.15, -0.1) is 0 Å². The van der Waals surface area contributed by atoms with Crippen molar-refractivity contribution in [2.24, 2.45) is 11.8 Å². The highest BCUT2D eigenvalue weighted by Crippen LogP contribution is 2.42. The molecule has 2 rings (SSSR count). The number of carbonyl (C=O) groups is 1. The second-order valence-corrected chi connectivity index (χ2v) is 4.59. The number of phenolic OH excluding ortho intramolecular Hbond substituents is 1. The molecule has 1 aliphatic carbocycles. The van der Waals surface area contributed by atoms with Crippen LogP contribution in [-0.4, -0.2) is 16.2 Å². The van der Waals surface area contributed by atoms with E-state index in [1.54, 1.807) is 12.1 Å². The molecule has 0 heterocycles. The van der Waals surface area contributed by atoms with Crippen LogP contribution in [0, 0.1) is 18.8 Å². The fourth-order valence-electron chi connectivity index (χ4n) is 2.17. The maximum absolute atomic E-state index is 10.7. The molecule has 0 bridgehead atoms. The molecule has 86 valence electrons. The summed E-state index contributed by atoms with van der Waals surface area (Å²) < 4.78 is 0. The van der Waals surface area contributed by atoms with Gasteiger partial charge in [0.05, 0.1) is 5.92 Å². The minimum Gasteiger partial charge on any atom is -0.508 e. The normalized spacial score (nSPS) is 23.1. The Morgan fingerprint density at radius 2 is 2.25 bits per heavy atom. The Labute approximate surface area is 94.7 Å². The Balaban J connectivity index is 1.89. The van der Waals surface area contributed by atoms with Crippen molar-refractivity contribution in [3.8, 4) is 5.75 Å². The van der Waals surface area contributed by atoms with E-state index in [0.29, 0.717) is 5.92 Å². The predicted molar refractivity (Wildman–Crippen MR) is 60.4 cm³/mol. The second kappa shape index (κ2) is 4.16. The lowest BCUT2D eigenvalue weighted by atomic mass is 10.0. The topological polar surface area (TPSA) is 57.5 Å². The van der Waals surface area contributed by atoms with Crippen LogP contribution in [0.1, 0.15) is 24.0 Å². The Morgan fingerprint density at radius 3 is 2.81 bits per heavy atom. The number of carboxylic acids is 1. The fraction of sp³-hybridized carbons (Fsp3) is 0.462. The zero-order valence-corrected chi connectivity index (χ0v) is 9.31. The third kappa shape index (κ3) is 2.35. The number of benzene rings is 1. The van der Waals surface area contributed by atoms with Gasteiger partial charge in [0.25, 0.3) is 0 Å². The van der Waals surface area contributed by atoms with Crippen LogP contribution < -0.4 is 0 Å². The van der Waals surface area contributed by atoms with Crippen molar-refractivity contribution in [2.75, 3.05) is 0 Å². The zero-order chi connectivity index (χ0) is 11.7. The molecule has 0 saturated heterocycles. The van der Waals surface area contributed by atoms with E-state index in [2.05, 4.69) is 0 Å². The summed E-state index contributed by atoms with van der Waals surface area (Å²) in [7, 11) is 0. The van der Waals surface area contributed by atoms with E-state index >= 15 is 0 Å².